The topological polar surface area (TPSA) is 37.3 Å². The second-order valence-electron chi connectivity index (χ2n) is 7.04. The van der Waals surface area contributed by atoms with Gasteiger partial charge in [-0.15, -0.1) is 0 Å². The number of benzene rings is 3. The summed E-state index contributed by atoms with van der Waals surface area (Å²) >= 11 is 0. The molecular weight excluding hydrogens is 308 g/mol. The Balaban J connectivity index is 1.54. The summed E-state index contributed by atoms with van der Waals surface area (Å²) in [5, 5.41) is 8.99. The standard InChI is InChI=1S/C23H20O2/c1-23(20-5-3-2-4-6-20)15-21(23)18-11-7-16(8-12-18)17-9-13-19(14-10-17)22(24)25/h2-14,21H,15H2,1H3,(H,24,25). The minimum Gasteiger partial charge on any atom is -0.478 e. The number of carboxylic acid groups (broad SMARTS) is 1. The predicted molar refractivity (Wildman–Crippen MR) is 100.0 cm³/mol. The predicted octanol–water partition coefficient (Wildman–Crippen LogP) is 5.50. The number of aromatic carboxylic acids is 1. The lowest BCUT2D eigenvalue weighted by molar-refractivity contribution is 0.0697. The third-order valence-corrected chi connectivity index (χ3v) is 5.45. The molecular formula is C23H20O2. The Morgan fingerprint density at radius 2 is 1.44 bits per heavy atom. The van der Waals surface area contributed by atoms with E-state index >= 15 is 0 Å². The van der Waals surface area contributed by atoms with Crippen molar-refractivity contribution in [3.63, 3.8) is 0 Å². The third kappa shape index (κ3) is 2.85. The second kappa shape index (κ2) is 5.89. The average molecular weight is 328 g/mol. The highest BCUT2D eigenvalue weighted by atomic mass is 16.4. The number of carbonyl (C=O) groups is 1. The highest BCUT2D eigenvalue weighted by molar-refractivity contribution is 5.88. The maximum atomic E-state index is 11.0. The molecule has 0 radical (unpaired) electrons. The van der Waals surface area contributed by atoms with E-state index in [9.17, 15) is 4.79 Å². The lowest BCUT2D eigenvalue weighted by atomic mass is 9.92. The van der Waals surface area contributed by atoms with Crippen LogP contribution in [-0.4, -0.2) is 11.1 Å². The van der Waals surface area contributed by atoms with Crippen LogP contribution in [0.25, 0.3) is 11.1 Å². The van der Waals surface area contributed by atoms with Gasteiger partial charge in [-0.3, -0.25) is 0 Å². The van der Waals surface area contributed by atoms with Gasteiger partial charge in [0.15, 0.2) is 0 Å². The van der Waals surface area contributed by atoms with Gasteiger partial charge in [-0.2, -0.15) is 0 Å². The molecule has 0 aromatic heterocycles. The summed E-state index contributed by atoms with van der Waals surface area (Å²) in [4.78, 5) is 11.0. The third-order valence-electron chi connectivity index (χ3n) is 5.45. The van der Waals surface area contributed by atoms with Crippen molar-refractivity contribution in [1.82, 2.24) is 0 Å². The monoisotopic (exact) mass is 328 g/mol. The van der Waals surface area contributed by atoms with E-state index in [0.717, 1.165) is 11.1 Å². The molecule has 3 aromatic rings. The largest absolute Gasteiger partial charge is 0.478 e. The minimum atomic E-state index is -0.893. The summed E-state index contributed by atoms with van der Waals surface area (Å²) in [6.45, 7) is 2.34. The smallest absolute Gasteiger partial charge is 0.335 e. The van der Waals surface area contributed by atoms with Crippen molar-refractivity contribution >= 4 is 5.97 Å². The van der Waals surface area contributed by atoms with Gasteiger partial charge in [0.25, 0.3) is 0 Å². The first-order valence-corrected chi connectivity index (χ1v) is 8.57. The lowest BCUT2D eigenvalue weighted by Crippen LogP contribution is -2.03. The van der Waals surface area contributed by atoms with Crippen molar-refractivity contribution < 1.29 is 9.90 Å². The van der Waals surface area contributed by atoms with Crippen molar-refractivity contribution in [2.45, 2.75) is 24.7 Å². The molecule has 2 atom stereocenters. The molecule has 0 amide bonds. The van der Waals surface area contributed by atoms with Crippen LogP contribution in [0.1, 0.15) is 40.7 Å². The van der Waals surface area contributed by atoms with Gasteiger partial charge in [-0.1, -0.05) is 73.7 Å². The van der Waals surface area contributed by atoms with Gasteiger partial charge in [0, 0.05) is 0 Å². The van der Waals surface area contributed by atoms with E-state index in [-0.39, 0.29) is 5.41 Å². The molecule has 2 heteroatoms. The summed E-state index contributed by atoms with van der Waals surface area (Å²) < 4.78 is 0. The minimum absolute atomic E-state index is 0.242. The average Bonchev–Trinajstić information content (AvgIpc) is 3.36. The molecule has 0 saturated heterocycles. The van der Waals surface area contributed by atoms with E-state index in [0.29, 0.717) is 11.5 Å². The number of hydrogen-bond donors (Lipinski definition) is 1. The number of carboxylic acids is 1. The molecule has 0 spiro atoms. The van der Waals surface area contributed by atoms with Crippen LogP contribution in [0.4, 0.5) is 0 Å². The maximum absolute atomic E-state index is 11.0. The van der Waals surface area contributed by atoms with Gasteiger partial charge >= 0.3 is 5.97 Å². The quantitative estimate of drug-likeness (QED) is 0.687. The van der Waals surface area contributed by atoms with Crippen molar-refractivity contribution in [3.05, 3.63) is 95.6 Å². The molecule has 1 fully saturated rings. The maximum Gasteiger partial charge on any atom is 0.335 e. The molecule has 0 bridgehead atoms. The Hall–Kier alpha value is -2.87. The van der Waals surface area contributed by atoms with Crippen LogP contribution in [0, 0.1) is 0 Å². The highest BCUT2D eigenvalue weighted by Gasteiger charge is 2.51. The van der Waals surface area contributed by atoms with Crippen LogP contribution >= 0.6 is 0 Å². The molecule has 1 aliphatic carbocycles. The van der Waals surface area contributed by atoms with Crippen molar-refractivity contribution in [2.75, 3.05) is 0 Å². The molecule has 0 heterocycles. The van der Waals surface area contributed by atoms with Crippen LogP contribution in [-0.2, 0) is 5.41 Å². The fourth-order valence-corrected chi connectivity index (χ4v) is 3.70. The van der Waals surface area contributed by atoms with Gasteiger partial charge < -0.3 is 5.11 Å². The number of rotatable bonds is 4. The Morgan fingerprint density at radius 1 is 0.880 bits per heavy atom. The fraction of sp³-hybridized carbons (Fsp3) is 0.174. The molecule has 0 aliphatic heterocycles. The normalized spacial score (nSPS) is 21.7. The summed E-state index contributed by atoms with van der Waals surface area (Å²) in [6.07, 6.45) is 1.18. The Bertz CT molecular complexity index is 895. The van der Waals surface area contributed by atoms with Crippen LogP contribution in [0.2, 0.25) is 0 Å². The Kier molecular flexibility index (Phi) is 3.69. The Morgan fingerprint density at radius 3 is 2.00 bits per heavy atom. The zero-order valence-electron chi connectivity index (χ0n) is 14.1. The van der Waals surface area contributed by atoms with E-state index in [1.54, 1.807) is 12.1 Å². The summed E-state index contributed by atoms with van der Waals surface area (Å²) in [7, 11) is 0. The van der Waals surface area contributed by atoms with Crippen LogP contribution < -0.4 is 0 Å². The van der Waals surface area contributed by atoms with Gasteiger partial charge in [0.1, 0.15) is 0 Å². The molecule has 124 valence electrons. The van der Waals surface area contributed by atoms with E-state index in [1.165, 1.54) is 17.5 Å². The van der Waals surface area contributed by atoms with Gasteiger partial charge in [-0.05, 0) is 52.1 Å². The van der Waals surface area contributed by atoms with Crippen LogP contribution in [0.3, 0.4) is 0 Å². The zero-order chi connectivity index (χ0) is 17.4. The zero-order valence-corrected chi connectivity index (χ0v) is 14.1. The summed E-state index contributed by atoms with van der Waals surface area (Å²) in [5.41, 5.74) is 5.50. The van der Waals surface area contributed by atoms with E-state index < -0.39 is 5.97 Å². The molecule has 1 aliphatic rings. The molecule has 1 saturated carbocycles. The highest BCUT2D eigenvalue weighted by Crippen LogP contribution is 2.60. The lowest BCUT2D eigenvalue weighted by Gasteiger charge is -2.12. The van der Waals surface area contributed by atoms with E-state index in [1.807, 2.05) is 12.1 Å². The molecule has 2 unspecified atom stereocenters. The molecule has 25 heavy (non-hydrogen) atoms. The van der Waals surface area contributed by atoms with Gasteiger partial charge in [0.05, 0.1) is 5.56 Å². The van der Waals surface area contributed by atoms with E-state index in [2.05, 4.69) is 61.5 Å². The second-order valence-corrected chi connectivity index (χ2v) is 7.04. The summed E-state index contributed by atoms with van der Waals surface area (Å²) in [5.74, 6) is -0.325. The van der Waals surface area contributed by atoms with Gasteiger partial charge in [-0.25, -0.2) is 4.79 Å². The van der Waals surface area contributed by atoms with Crippen LogP contribution in [0.15, 0.2) is 78.9 Å². The SMILES string of the molecule is CC1(c2ccccc2)CC1c1ccc(-c2ccc(C(=O)O)cc2)cc1. The molecule has 1 N–H and O–H groups in total. The van der Waals surface area contributed by atoms with Crippen molar-refractivity contribution in [3.8, 4) is 11.1 Å². The molecule has 3 aromatic carbocycles. The Labute approximate surface area is 147 Å². The number of hydrogen-bond acceptors (Lipinski definition) is 1. The van der Waals surface area contributed by atoms with Crippen molar-refractivity contribution in [1.29, 1.82) is 0 Å². The first-order valence-electron chi connectivity index (χ1n) is 8.57. The first-order chi connectivity index (χ1) is 12.1. The van der Waals surface area contributed by atoms with Crippen molar-refractivity contribution in [2.24, 2.45) is 0 Å². The fourth-order valence-electron chi connectivity index (χ4n) is 3.70. The van der Waals surface area contributed by atoms with E-state index in [4.69, 9.17) is 5.11 Å². The summed E-state index contributed by atoms with van der Waals surface area (Å²) in [6, 6.07) is 26.4. The molecule has 4 rings (SSSR count). The first kappa shape index (κ1) is 15.6. The molecule has 2 nitrogen and oxygen atoms in total. The van der Waals surface area contributed by atoms with Crippen LogP contribution in [0.5, 0.6) is 0 Å². The van der Waals surface area contributed by atoms with Gasteiger partial charge in [0.2, 0.25) is 0 Å².